The molecule has 0 spiro atoms. The van der Waals surface area contributed by atoms with Crippen LogP contribution in [0.25, 0.3) is 0 Å². The summed E-state index contributed by atoms with van der Waals surface area (Å²) in [6.07, 6.45) is 5.69. The Balaban J connectivity index is 2.29. The smallest absolute Gasteiger partial charge is 0.422 e. The third-order valence-electron chi connectivity index (χ3n) is 5.38. The highest BCUT2D eigenvalue weighted by Gasteiger charge is 2.48. The summed E-state index contributed by atoms with van der Waals surface area (Å²) in [5.74, 6) is 0.147. The second-order valence-electron chi connectivity index (χ2n) is 9.92. The molecule has 1 unspecified atom stereocenters. The Labute approximate surface area is 174 Å². The van der Waals surface area contributed by atoms with Crippen LogP contribution in [0.3, 0.4) is 0 Å². The van der Waals surface area contributed by atoms with Gasteiger partial charge in [-0.05, 0) is 45.0 Å². The van der Waals surface area contributed by atoms with E-state index in [9.17, 15) is 9.90 Å². The van der Waals surface area contributed by atoms with Gasteiger partial charge in [-0.25, -0.2) is 14.8 Å². The lowest BCUT2D eigenvalue weighted by atomic mass is 9.90. The number of aromatic nitrogens is 1. The van der Waals surface area contributed by atoms with Crippen molar-refractivity contribution in [3.8, 4) is 0 Å². The van der Waals surface area contributed by atoms with Crippen molar-refractivity contribution in [2.75, 3.05) is 13.2 Å². The number of ether oxygens (including phenoxy) is 1. The molecule has 0 aliphatic carbocycles. The average Bonchev–Trinajstić information content (AvgIpc) is 3.06. The molecule has 0 bridgehead atoms. The van der Waals surface area contributed by atoms with Gasteiger partial charge in [0, 0.05) is 6.54 Å². The van der Waals surface area contributed by atoms with Gasteiger partial charge in [-0.15, -0.1) is 0 Å². The van der Waals surface area contributed by atoms with Crippen LogP contribution < -0.4 is 5.43 Å². The summed E-state index contributed by atoms with van der Waals surface area (Å²) in [4.78, 5) is 16.5. The zero-order valence-electron chi connectivity index (χ0n) is 18.8. The fourth-order valence-corrected chi connectivity index (χ4v) is 3.73. The van der Waals surface area contributed by atoms with Gasteiger partial charge in [-0.2, -0.15) is 0 Å². The SMILES string of the molecule is CC(C)(C)OC(=O)NN1CC=CC(O)(c2ncco2)[C@H]1CO[Si](C)(C)C(C)(C)C. The van der Waals surface area contributed by atoms with E-state index >= 15 is 0 Å². The number of nitrogens with zero attached hydrogens (tertiary/aromatic N) is 2. The van der Waals surface area contributed by atoms with Gasteiger partial charge in [0.15, 0.2) is 13.9 Å². The van der Waals surface area contributed by atoms with Crippen LogP contribution in [-0.2, 0) is 14.8 Å². The predicted octanol–water partition coefficient (Wildman–Crippen LogP) is 3.56. The molecule has 2 rings (SSSR count). The van der Waals surface area contributed by atoms with Gasteiger partial charge in [0.2, 0.25) is 5.89 Å². The number of aliphatic hydroxyl groups is 1. The minimum Gasteiger partial charge on any atom is -0.446 e. The summed E-state index contributed by atoms with van der Waals surface area (Å²) in [5, 5.41) is 13.1. The minimum atomic E-state index is -2.10. The summed E-state index contributed by atoms with van der Waals surface area (Å²) in [5.41, 5.74) is 0.551. The van der Waals surface area contributed by atoms with Crippen molar-refractivity contribution in [3.63, 3.8) is 0 Å². The molecule has 2 atom stereocenters. The van der Waals surface area contributed by atoms with Gasteiger partial charge in [0.25, 0.3) is 0 Å². The highest BCUT2D eigenvalue weighted by atomic mass is 28.4. The third-order valence-corrected chi connectivity index (χ3v) is 9.88. The molecule has 0 aromatic carbocycles. The number of carbonyl (C=O) groups excluding carboxylic acids is 1. The fourth-order valence-electron chi connectivity index (χ4n) is 2.72. The average molecular weight is 426 g/mol. The van der Waals surface area contributed by atoms with Gasteiger partial charge >= 0.3 is 6.09 Å². The number of rotatable bonds is 5. The van der Waals surface area contributed by atoms with E-state index in [1.54, 1.807) is 37.9 Å². The van der Waals surface area contributed by atoms with E-state index in [4.69, 9.17) is 13.6 Å². The van der Waals surface area contributed by atoms with Crippen LogP contribution in [0.4, 0.5) is 4.79 Å². The Morgan fingerprint density at radius 2 is 2.03 bits per heavy atom. The van der Waals surface area contributed by atoms with Crippen molar-refractivity contribution >= 4 is 14.4 Å². The summed E-state index contributed by atoms with van der Waals surface area (Å²) >= 11 is 0. The molecular formula is C20H35N3O5Si. The summed E-state index contributed by atoms with van der Waals surface area (Å²) in [6.45, 7) is 16.7. The lowest BCUT2D eigenvalue weighted by Crippen LogP contribution is -2.62. The maximum absolute atomic E-state index is 12.4. The summed E-state index contributed by atoms with van der Waals surface area (Å²) in [6, 6.07) is -0.646. The number of nitrogens with one attached hydrogen (secondary N) is 1. The Bertz CT molecular complexity index is 721. The molecule has 2 N–H and O–H groups in total. The van der Waals surface area contributed by atoms with Crippen molar-refractivity contribution in [1.82, 2.24) is 15.4 Å². The van der Waals surface area contributed by atoms with Crippen molar-refractivity contribution in [2.24, 2.45) is 0 Å². The second-order valence-corrected chi connectivity index (χ2v) is 14.7. The zero-order valence-corrected chi connectivity index (χ0v) is 19.8. The largest absolute Gasteiger partial charge is 0.446 e. The monoisotopic (exact) mass is 425 g/mol. The van der Waals surface area contributed by atoms with E-state index in [1.165, 1.54) is 12.5 Å². The lowest BCUT2D eigenvalue weighted by Gasteiger charge is -2.44. The first kappa shape index (κ1) is 23.6. The highest BCUT2D eigenvalue weighted by molar-refractivity contribution is 6.74. The van der Waals surface area contributed by atoms with E-state index in [0.717, 1.165) is 0 Å². The Kier molecular flexibility index (Phi) is 6.68. The van der Waals surface area contributed by atoms with Gasteiger partial charge in [0.1, 0.15) is 11.9 Å². The zero-order chi connectivity index (χ0) is 22.1. The van der Waals surface area contributed by atoms with Crippen LogP contribution >= 0.6 is 0 Å². The minimum absolute atomic E-state index is 0.00196. The maximum atomic E-state index is 12.4. The van der Waals surface area contributed by atoms with Crippen LogP contribution in [0.15, 0.2) is 29.0 Å². The normalized spacial score (nSPS) is 23.8. The van der Waals surface area contributed by atoms with Crippen molar-refractivity contribution in [2.45, 2.75) is 76.9 Å². The standard InChI is InChI=1S/C20H35N3O5Si/c1-18(2,3)28-17(24)22-23-12-9-10-20(25,16-21-11-13-26-16)15(23)14-27-29(7,8)19(4,5)6/h9-11,13,15,25H,12,14H2,1-8H3,(H,22,24)/t15-,20?/m1/s1. The van der Waals surface area contributed by atoms with Crippen molar-refractivity contribution < 1.29 is 23.5 Å². The molecule has 0 fully saturated rings. The molecule has 164 valence electrons. The molecule has 1 aliphatic heterocycles. The number of carbonyl (C=O) groups is 1. The number of hydrogen-bond donors (Lipinski definition) is 2. The molecule has 0 saturated heterocycles. The van der Waals surface area contributed by atoms with E-state index in [-0.39, 0.29) is 17.5 Å². The topological polar surface area (TPSA) is 97.1 Å². The van der Waals surface area contributed by atoms with Gasteiger partial charge in [0.05, 0.1) is 18.8 Å². The third kappa shape index (κ3) is 5.69. The first-order valence-corrected chi connectivity index (χ1v) is 12.8. The Morgan fingerprint density at radius 3 is 2.55 bits per heavy atom. The molecule has 1 aliphatic rings. The predicted molar refractivity (Wildman–Crippen MR) is 113 cm³/mol. The van der Waals surface area contributed by atoms with Crippen LogP contribution in [0, 0.1) is 0 Å². The van der Waals surface area contributed by atoms with Crippen LogP contribution in [-0.4, -0.2) is 54.3 Å². The molecule has 0 saturated carbocycles. The van der Waals surface area contributed by atoms with Crippen molar-refractivity contribution in [1.29, 1.82) is 0 Å². The highest BCUT2D eigenvalue weighted by Crippen LogP contribution is 2.38. The van der Waals surface area contributed by atoms with Gasteiger partial charge in [-0.1, -0.05) is 26.8 Å². The molecule has 2 heterocycles. The molecule has 29 heavy (non-hydrogen) atoms. The van der Waals surface area contributed by atoms with Gasteiger partial charge in [-0.3, -0.25) is 5.43 Å². The Hall–Kier alpha value is -1.68. The molecule has 1 aromatic rings. The van der Waals surface area contributed by atoms with E-state index in [1.807, 2.05) is 0 Å². The molecule has 9 heteroatoms. The van der Waals surface area contributed by atoms with Crippen LogP contribution in [0.2, 0.25) is 18.1 Å². The quantitative estimate of drug-likeness (QED) is 0.550. The Morgan fingerprint density at radius 1 is 1.38 bits per heavy atom. The first-order chi connectivity index (χ1) is 13.2. The first-order valence-electron chi connectivity index (χ1n) is 9.86. The van der Waals surface area contributed by atoms with E-state index < -0.39 is 31.7 Å². The van der Waals surface area contributed by atoms with E-state index in [2.05, 4.69) is 44.3 Å². The lowest BCUT2D eigenvalue weighted by molar-refractivity contribution is -0.0758. The van der Waals surface area contributed by atoms with Gasteiger partial charge < -0.3 is 18.7 Å². The molecule has 1 amide bonds. The van der Waals surface area contributed by atoms with Crippen molar-refractivity contribution in [3.05, 3.63) is 30.5 Å². The molecule has 1 aromatic heterocycles. The molecule has 0 radical (unpaired) electrons. The maximum Gasteiger partial charge on any atom is 0.422 e. The number of hydrogen-bond acceptors (Lipinski definition) is 7. The summed E-state index contributed by atoms with van der Waals surface area (Å²) < 4.78 is 17.2. The number of amides is 1. The molecule has 8 nitrogen and oxygen atoms in total. The number of oxazole rings is 1. The fraction of sp³-hybridized carbons (Fsp3) is 0.700. The van der Waals surface area contributed by atoms with E-state index in [0.29, 0.717) is 6.54 Å². The summed E-state index contributed by atoms with van der Waals surface area (Å²) in [7, 11) is -2.10. The second kappa shape index (κ2) is 8.21. The number of hydrazine groups is 1. The van der Waals surface area contributed by atoms with Crippen LogP contribution in [0.5, 0.6) is 0 Å². The molecular weight excluding hydrogens is 390 g/mol. The van der Waals surface area contributed by atoms with Crippen LogP contribution in [0.1, 0.15) is 47.4 Å².